The molecule has 11 heteroatoms. The van der Waals surface area contributed by atoms with Crippen LogP contribution >= 0.6 is 0 Å². The fourth-order valence-electron chi connectivity index (χ4n) is 8.31. The number of benzene rings is 8. The van der Waals surface area contributed by atoms with Gasteiger partial charge in [0.2, 0.25) is 0 Å². The number of rotatable bonds is 23. The Hall–Kier alpha value is -8.38. The molecule has 0 N–H and O–H groups in total. The Kier molecular flexibility index (Phi) is 17.1. The molecular weight excluding hydrogens is 921 g/mol. The molecule has 1 aliphatic heterocycles. The molecule has 0 aliphatic carbocycles. The first-order valence-corrected chi connectivity index (χ1v) is 24.2. The predicted molar refractivity (Wildman–Crippen MR) is 275 cm³/mol. The van der Waals surface area contributed by atoms with Gasteiger partial charge >= 0.3 is 11.9 Å². The van der Waals surface area contributed by atoms with Gasteiger partial charge in [-0.05, 0) is 45.5 Å². The second kappa shape index (κ2) is 25.1. The summed E-state index contributed by atoms with van der Waals surface area (Å²) in [4.78, 5) is 28.8. The molecule has 0 fully saturated rings. The average molecular weight is 977 g/mol. The Morgan fingerprint density at radius 1 is 0.452 bits per heavy atom. The number of hydrogen-bond acceptors (Lipinski definition) is 11. The Balaban J connectivity index is 1.10. The zero-order valence-corrected chi connectivity index (χ0v) is 40.5. The molecule has 0 spiro atoms. The highest BCUT2D eigenvalue weighted by atomic mass is 16.6. The number of carbonyl (C=O) groups is 2. The first-order valence-electron chi connectivity index (χ1n) is 24.2. The van der Waals surface area contributed by atoms with Gasteiger partial charge in [0, 0.05) is 29.7 Å². The molecule has 11 nitrogen and oxygen atoms in total. The van der Waals surface area contributed by atoms with Crippen LogP contribution in [0.25, 0.3) is 0 Å². The van der Waals surface area contributed by atoms with Crippen molar-refractivity contribution in [2.24, 2.45) is 0 Å². The first kappa shape index (κ1) is 49.6. The van der Waals surface area contributed by atoms with Crippen molar-refractivity contribution < 1.29 is 52.2 Å². The van der Waals surface area contributed by atoms with Crippen molar-refractivity contribution in [3.63, 3.8) is 0 Å². The summed E-state index contributed by atoms with van der Waals surface area (Å²) in [5.41, 5.74) is 6.68. The minimum absolute atomic E-state index is 0.0110. The second-order valence-corrected chi connectivity index (χ2v) is 17.4. The maximum Gasteiger partial charge on any atom is 0.339 e. The summed E-state index contributed by atoms with van der Waals surface area (Å²) in [5.74, 6) is 0.758. The van der Waals surface area contributed by atoms with E-state index in [4.69, 9.17) is 42.6 Å². The van der Waals surface area contributed by atoms with Gasteiger partial charge in [0.15, 0.2) is 29.8 Å². The molecule has 1 heterocycles. The van der Waals surface area contributed by atoms with Gasteiger partial charge in [0.25, 0.3) is 0 Å². The SMILES string of the molecule is COC(=O)[C@H](OCc1ccccc1)[C@H](OCc1ccccc1)C(=O)OC1Cc2c(OCc3ccccc3)cc(OCc3ccccc3)cc2OC1c1ccc(OCc2ccccc2)c(OCc2ccccc2)c1. The maximum absolute atomic E-state index is 15.1. The van der Waals surface area contributed by atoms with Crippen LogP contribution in [0.4, 0.5) is 0 Å². The number of esters is 2. The fraction of sp³-hybridized carbons (Fsp3) is 0.194. The van der Waals surface area contributed by atoms with Gasteiger partial charge in [-0.15, -0.1) is 0 Å². The third-order valence-electron chi connectivity index (χ3n) is 12.1. The molecule has 2 unspecified atom stereocenters. The molecule has 8 aromatic rings. The molecule has 0 saturated carbocycles. The minimum Gasteiger partial charge on any atom is -0.489 e. The zero-order valence-electron chi connectivity index (χ0n) is 40.5. The number of hydrogen-bond donors (Lipinski definition) is 0. The number of carbonyl (C=O) groups excluding carboxylic acids is 2. The van der Waals surface area contributed by atoms with Gasteiger partial charge in [-0.2, -0.15) is 0 Å². The molecule has 0 saturated heterocycles. The third-order valence-corrected chi connectivity index (χ3v) is 12.1. The zero-order chi connectivity index (χ0) is 50.0. The lowest BCUT2D eigenvalue weighted by molar-refractivity contribution is -0.191. The van der Waals surface area contributed by atoms with Crippen molar-refractivity contribution >= 4 is 11.9 Å². The summed E-state index contributed by atoms with van der Waals surface area (Å²) in [7, 11) is 1.24. The van der Waals surface area contributed by atoms with Crippen LogP contribution in [0.15, 0.2) is 212 Å². The van der Waals surface area contributed by atoms with E-state index < -0.39 is 36.4 Å². The first-order chi connectivity index (χ1) is 36.0. The van der Waals surface area contributed by atoms with E-state index in [1.54, 1.807) is 0 Å². The predicted octanol–water partition coefficient (Wildman–Crippen LogP) is 11.9. The molecule has 9 rings (SSSR count). The van der Waals surface area contributed by atoms with Gasteiger partial charge in [0.1, 0.15) is 49.8 Å². The topological polar surface area (TPSA) is 117 Å². The lowest BCUT2D eigenvalue weighted by atomic mass is 9.93. The van der Waals surface area contributed by atoms with Gasteiger partial charge in [-0.3, -0.25) is 0 Å². The molecule has 0 bridgehead atoms. The standard InChI is InChI=1S/C62H56O11/c1-65-61(63)59(70-42-48-28-16-6-17-29-48)60(71-43-49-30-18-7-19-31-49)62(64)73-57-37-52-54(68-40-46-24-12-4-13-25-46)35-51(66-38-44-20-8-2-9-21-44)36-55(52)72-58(57)50-32-33-53(67-39-45-22-10-3-11-23-45)56(34-50)69-41-47-26-14-5-15-27-47/h2-36,57-60H,37-43H2,1H3/t57?,58?,59-,60+/m1/s1. The molecule has 0 aromatic heterocycles. The molecule has 0 radical (unpaired) electrons. The quantitative estimate of drug-likeness (QED) is 0.0570. The second-order valence-electron chi connectivity index (χ2n) is 17.4. The Labute approximate surface area is 425 Å². The lowest BCUT2D eigenvalue weighted by Gasteiger charge is -2.36. The largest absolute Gasteiger partial charge is 0.489 e. The van der Waals surface area contributed by atoms with E-state index in [1.807, 2.05) is 212 Å². The van der Waals surface area contributed by atoms with Crippen LogP contribution in [-0.4, -0.2) is 37.4 Å². The highest BCUT2D eigenvalue weighted by Gasteiger charge is 2.43. The van der Waals surface area contributed by atoms with Crippen LogP contribution in [0, 0.1) is 0 Å². The lowest BCUT2D eigenvalue weighted by Crippen LogP contribution is -2.47. The number of methoxy groups -OCH3 is 1. The van der Waals surface area contributed by atoms with Crippen LogP contribution in [0.2, 0.25) is 0 Å². The van der Waals surface area contributed by atoms with E-state index in [2.05, 4.69) is 0 Å². The van der Waals surface area contributed by atoms with E-state index in [-0.39, 0.29) is 32.8 Å². The molecule has 1 aliphatic rings. The molecule has 8 aromatic carbocycles. The van der Waals surface area contributed by atoms with E-state index in [0.717, 1.165) is 33.4 Å². The van der Waals surface area contributed by atoms with Gasteiger partial charge in [-0.25, -0.2) is 9.59 Å². The van der Waals surface area contributed by atoms with Crippen molar-refractivity contribution in [2.75, 3.05) is 7.11 Å². The fourth-order valence-corrected chi connectivity index (χ4v) is 8.31. The minimum atomic E-state index is -1.57. The van der Waals surface area contributed by atoms with Crippen molar-refractivity contribution in [3.05, 3.63) is 257 Å². The van der Waals surface area contributed by atoms with Crippen molar-refractivity contribution in [1.29, 1.82) is 0 Å². The van der Waals surface area contributed by atoms with E-state index in [1.165, 1.54) is 7.11 Å². The Bertz CT molecular complexity index is 2980. The molecule has 370 valence electrons. The summed E-state index contributed by atoms with van der Waals surface area (Å²) < 4.78 is 57.5. The molecule has 4 atom stereocenters. The molecular formula is C62H56O11. The van der Waals surface area contributed by atoms with E-state index in [9.17, 15) is 4.79 Å². The Morgan fingerprint density at radius 3 is 1.33 bits per heavy atom. The van der Waals surface area contributed by atoms with Crippen LogP contribution < -0.4 is 23.7 Å². The summed E-state index contributed by atoms with van der Waals surface area (Å²) in [6.07, 6.45) is -4.92. The maximum atomic E-state index is 15.1. The number of fused-ring (bicyclic) bond motifs is 1. The highest BCUT2D eigenvalue weighted by molar-refractivity contribution is 5.86. The van der Waals surface area contributed by atoms with Gasteiger partial charge in [-0.1, -0.05) is 188 Å². The normalized spacial score (nSPS) is 14.6. The summed E-state index contributed by atoms with van der Waals surface area (Å²) in [5, 5.41) is 0. The average Bonchev–Trinajstić information content (AvgIpc) is 3.45. The highest BCUT2D eigenvalue weighted by Crippen LogP contribution is 2.45. The van der Waals surface area contributed by atoms with E-state index in [0.29, 0.717) is 53.1 Å². The van der Waals surface area contributed by atoms with Crippen LogP contribution in [0.5, 0.6) is 28.7 Å². The number of ether oxygens (including phenoxy) is 9. The molecule has 0 amide bonds. The van der Waals surface area contributed by atoms with Crippen LogP contribution in [0.1, 0.15) is 50.6 Å². The Morgan fingerprint density at radius 2 is 0.863 bits per heavy atom. The van der Waals surface area contributed by atoms with Crippen molar-refractivity contribution in [2.45, 2.75) is 70.5 Å². The van der Waals surface area contributed by atoms with Crippen LogP contribution in [-0.2, 0) is 74.6 Å². The van der Waals surface area contributed by atoms with Gasteiger partial charge in [0.05, 0.1) is 20.3 Å². The van der Waals surface area contributed by atoms with Crippen molar-refractivity contribution in [1.82, 2.24) is 0 Å². The molecule has 73 heavy (non-hydrogen) atoms. The summed E-state index contributed by atoms with van der Waals surface area (Å²) in [6, 6.07) is 67.3. The summed E-state index contributed by atoms with van der Waals surface area (Å²) >= 11 is 0. The summed E-state index contributed by atoms with van der Waals surface area (Å²) in [6.45, 7) is 1.04. The monoisotopic (exact) mass is 976 g/mol. The smallest absolute Gasteiger partial charge is 0.339 e. The van der Waals surface area contributed by atoms with Gasteiger partial charge < -0.3 is 42.6 Å². The van der Waals surface area contributed by atoms with E-state index >= 15 is 4.79 Å². The third kappa shape index (κ3) is 13.7. The van der Waals surface area contributed by atoms with Crippen molar-refractivity contribution in [3.8, 4) is 28.7 Å². The van der Waals surface area contributed by atoms with Crippen LogP contribution in [0.3, 0.4) is 0 Å².